The highest BCUT2D eigenvalue weighted by Gasteiger charge is 2.39. The lowest BCUT2D eigenvalue weighted by Crippen LogP contribution is -2.35. The first kappa shape index (κ1) is 16.2. The van der Waals surface area contributed by atoms with Crippen molar-refractivity contribution in [1.29, 1.82) is 0 Å². The van der Waals surface area contributed by atoms with Crippen molar-refractivity contribution in [3.8, 4) is 0 Å². The molecule has 1 heterocycles. The molecule has 24 heavy (non-hydrogen) atoms. The SMILES string of the molecule is Cc1cccc(N2C(=O)C[C@@H](Nc3c(C)cc(C)cc3C)C2=O)c1. The predicted molar refractivity (Wildman–Crippen MR) is 96.4 cm³/mol. The van der Waals surface area contributed by atoms with Gasteiger partial charge in [0.2, 0.25) is 5.91 Å². The van der Waals surface area contributed by atoms with Crippen molar-refractivity contribution in [2.45, 2.75) is 40.2 Å². The van der Waals surface area contributed by atoms with Crippen LogP contribution in [0.4, 0.5) is 11.4 Å². The normalized spacial score (nSPS) is 17.5. The summed E-state index contributed by atoms with van der Waals surface area (Å²) in [5, 5.41) is 3.29. The number of carbonyl (C=O) groups is 2. The third kappa shape index (κ3) is 2.92. The largest absolute Gasteiger partial charge is 0.373 e. The van der Waals surface area contributed by atoms with Crippen LogP contribution in [0.1, 0.15) is 28.7 Å². The molecule has 2 aromatic carbocycles. The first-order valence-corrected chi connectivity index (χ1v) is 8.14. The van der Waals surface area contributed by atoms with E-state index in [0.717, 1.165) is 22.4 Å². The first-order valence-electron chi connectivity index (χ1n) is 8.14. The van der Waals surface area contributed by atoms with Crippen molar-refractivity contribution in [2.75, 3.05) is 10.2 Å². The fourth-order valence-electron chi connectivity index (χ4n) is 3.36. The van der Waals surface area contributed by atoms with E-state index in [2.05, 4.69) is 17.4 Å². The molecule has 2 aromatic rings. The maximum absolute atomic E-state index is 12.8. The minimum atomic E-state index is -0.516. The van der Waals surface area contributed by atoms with Gasteiger partial charge in [-0.05, 0) is 56.5 Å². The molecule has 1 aliphatic rings. The fraction of sp³-hybridized carbons (Fsp3) is 0.300. The third-order valence-corrected chi connectivity index (χ3v) is 4.40. The number of amides is 2. The van der Waals surface area contributed by atoms with Crippen LogP contribution in [0.15, 0.2) is 36.4 Å². The first-order chi connectivity index (χ1) is 11.4. The van der Waals surface area contributed by atoms with Gasteiger partial charge < -0.3 is 5.32 Å². The number of carbonyl (C=O) groups excluding carboxylic acids is 2. The van der Waals surface area contributed by atoms with Crippen molar-refractivity contribution in [1.82, 2.24) is 0 Å². The van der Waals surface area contributed by atoms with Crippen molar-refractivity contribution in [3.05, 3.63) is 58.7 Å². The Kier molecular flexibility index (Phi) is 4.14. The zero-order valence-corrected chi connectivity index (χ0v) is 14.5. The number of aryl methyl sites for hydroxylation is 4. The van der Waals surface area contributed by atoms with E-state index < -0.39 is 6.04 Å². The van der Waals surface area contributed by atoms with Crippen LogP contribution in [-0.4, -0.2) is 17.9 Å². The Morgan fingerprint density at radius 1 is 0.958 bits per heavy atom. The Morgan fingerprint density at radius 2 is 1.62 bits per heavy atom. The van der Waals surface area contributed by atoms with Crippen molar-refractivity contribution < 1.29 is 9.59 Å². The molecule has 0 aliphatic carbocycles. The molecule has 1 N–H and O–H groups in total. The predicted octanol–water partition coefficient (Wildman–Crippen LogP) is 3.66. The van der Waals surface area contributed by atoms with E-state index in [0.29, 0.717) is 5.69 Å². The summed E-state index contributed by atoms with van der Waals surface area (Å²) in [5.41, 5.74) is 5.97. The third-order valence-electron chi connectivity index (χ3n) is 4.40. The van der Waals surface area contributed by atoms with E-state index >= 15 is 0 Å². The Labute approximate surface area is 142 Å². The Hall–Kier alpha value is -2.62. The number of benzene rings is 2. The van der Waals surface area contributed by atoms with E-state index in [1.807, 2.05) is 45.9 Å². The maximum Gasteiger partial charge on any atom is 0.256 e. The Morgan fingerprint density at radius 3 is 2.25 bits per heavy atom. The summed E-state index contributed by atoms with van der Waals surface area (Å²) in [4.78, 5) is 26.4. The molecule has 1 saturated heterocycles. The van der Waals surface area contributed by atoms with Crippen LogP contribution in [0, 0.1) is 27.7 Å². The molecule has 0 radical (unpaired) electrons. The minimum Gasteiger partial charge on any atom is -0.373 e. The van der Waals surface area contributed by atoms with Gasteiger partial charge in [0.25, 0.3) is 5.91 Å². The van der Waals surface area contributed by atoms with E-state index in [1.165, 1.54) is 10.5 Å². The smallest absolute Gasteiger partial charge is 0.256 e. The molecular formula is C20H22N2O2. The number of imide groups is 1. The molecule has 3 rings (SSSR count). The number of nitrogens with one attached hydrogen (secondary N) is 1. The summed E-state index contributed by atoms with van der Waals surface area (Å²) in [6.45, 7) is 8.03. The number of rotatable bonds is 3. The highest BCUT2D eigenvalue weighted by atomic mass is 16.2. The van der Waals surface area contributed by atoms with Gasteiger partial charge in [-0.2, -0.15) is 0 Å². The highest BCUT2D eigenvalue weighted by molar-refractivity contribution is 6.23. The molecule has 4 heteroatoms. The second kappa shape index (κ2) is 6.11. The van der Waals surface area contributed by atoms with Crippen LogP contribution in [0.3, 0.4) is 0 Å². The van der Waals surface area contributed by atoms with Crippen LogP contribution in [0.5, 0.6) is 0 Å². The van der Waals surface area contributed by atoms with Crippen molar-refractivity contribution in [3.63, 3.8) is 0 Å². The number of hydrogen-bond acceptors (Lipinski definition) is 3. The van der Waals surface area contributed by atoms with Crippen molar-refractivity contribution >= 4 is 23.2 Å². The lowest BCUT2D eigenvalue weighted by atomic mass is 10.0. The van der Waals surface area contributed by atoms with Crippen LogP contribution in [0.2, 0.25) is 0 Å². The molecule has 0 unspecified atom stereocenters. The minimum absolute atomic E-state index is 0.162. The van der Waals surface area contributed by atoms with Gasteiger partial charge >= 0.3 is 0 Å². The maximum atomic E-state index is 12.8. The van der Waals surface area contributed by atoms with Crippen LogP contribution in [0.25, 0.3) is 0 Å². The molecule has 0 saturated carbocycles. The van der Waals surface area contributed by atoms with Gasteiger partial charge in [-0.3, -0.25) is 9.59 Å². The van der Waals surface area contributed by atoms with Crippen molar-refractivity contribution in [2.24, 2.45) is 0 Å². The van der Waals surface area contributed by atoms with E-state index in [4.69, 9.17) is 0 Å². The second-order valence-corrected chi connectivity index (χ2v) is 6.58. The van der Waals surface area contributed by atoms with Gasteiger partial charge in [0.05, 0.1) is 12.1 Å². The summed E-state index contributed by atoms with van der Waals surface area (Å²) in [5.74, 6) is -0.351. The average molecular weight is 322 g/mol. The van der Waals surface area contributed by atoms with Gasteiger partial charge in [0.15, 0.2) is 0 Å². The molecule has 0 spiro atoms. The Bertz CT molecular complexity index is 803. The summed E-state index contributed by atoms with van der Waals surface area (Å²) in [7, 11) is 0. The monoisotopic (exact) mass is 322 g/mol. The average Bonchev–Trinajstić information content (AvgIpc) is 2.77. The lowest BCUT2D eigenvalue weighted by molar-refractivity contribution is -0.121. The summed E-state index contributed by atoms with van der Waals surface area (Å²) in [6.07, 6.45) is 0.180. The molecule has 0 bridgehead atoms. The standard InChI is InChI=1S/C20H22N2O2/c1-12-6-5-7-16(10-12)22-18(23)11-17(20(22)24)21-19-14(3)8-13(2)9-15(19)4/h5-10,17,21H,11H2,1-4H3/t17-/m1/s1. The quantitative estimate of drug-likeness (QED) is 0.877. The molecule has 2 amide bonds. The van der Waals surface area contributed by atoms with E-state index in [9.17, 15) is 9.59 Å². The van der Waals surface area contributed by atoms with E-state index in [-0.39, 0.29) is 18.2 Å². The van der Waals surface area contributed by atoms with Gasteiger partial charge in [0, 0.05) is 5.69 Å². The number of anilines is 2. The molecule has 1 aliphatic heterocycles. The molecule has 1 fully saturated rings. The van der Waals surface area contributed by atoms with Crippen LogP contribution in [-0.2, 0) is 9.59 Å². The van der Waals surface area contributed by atoms with Gasteiger partial charge in [-0.1, -0.05) is 29.8 Å². The topological polar surface area (TPSA) is 49.4 Å². The lowest BCUT2D eigenvalue weighted by Gasteiger charge is -2.19. The summed E-state index contributed by atoms with van der Waals surface area (Å²) < 4.78 is 0. The van der Waals surface area contributed by atoms with Gasteiger partial charge in [0.1, 0.15) is 6.04 Å². The van der Waals surface area contributed by atoms with E-state index in [1.54, 1.807) is 6.07 Å². The zero-order valence-electron chi connectivity index (χ0n) is 14.5. The molecular weight excluding hydrogens is 300 g/mol. The summed E-state index contributed by atoms with van der Waals surface area (Å²) >= 11 is 0. The fourth-order valence-corrected chi connectivity index (χ4v) is 3.36. The molecule has 0 aromatic heterocycles. The molecule has 124 valence electrons. The zero-order chi connectivity index (χ0) is 17.4. The Balaban J connectivity index is 1.87. The van der Waals surface area contributed by atoms with Crippen LogP contribution < -0.4 is 10.2 Å². The molecule has 1 atom stereocenters. The summed E-state index contributed by atoms with van der Waals surface area (Å²) in [6, 6.07) is 11.1. The second-order valence-electron chi connectivity index (χ2n) is 6.58. The highest BCUT2D eigenvalue weighted by Crippen LogP contribution is 2.28. The molecule has 4 nitrogen and oxygen atoms in total. The van der Waals surface area contributed by atoms with Gasteiger partial charge in [-0.25, -0.2) is 4.90 Å². The number of nitrogens with zero attached hydrogens (tertiary/aromatic N) is 1. The number of hydrogen-bond donors (Lipinski definition) is 1. The van der Waals surface area contributed by atoms with Crippen LogP contribution >= 0.6 is 0 Å². The van der Waals surface area contributed by atoms with Gasteiger partial charge in [-0.15, -0.1) is 0 Å².